The summed E-state index contributed by atoms with van der Waals surface area (Å²) in [6.07, 6.45) is -4.72. The Labute approximate surface area is 197 Å². The van der Waals surface area contributed by atoms with E-state index in [-0.39, 0.29) is 16.4 Å². The minimum atomic E-state index is -4.72. The van der Waals surface area contributed by atoms with Crippen LogP contribution in [0.4, 0.5) is 18.9 Å². The van der Waals surface area contributed by atoms with Crippen LogP contribution in [0.15, 0.2) is 72.8 Å². The van der Waals surface area contributed by atoms with Crippen molar-refractivity contribution in [2.45, 2.75) is 19.6 Å². The van der Waals surface area contributed by atoms with E-state index >= 15 is 0 Å². The lowest BCUT2D eigenvalue weighted by molar-refractivity contribution is -0.141. The zero-order valence-electron chi connectivity index (χ0n) is 17.9. The number of alkyl halides is 3. The van der Waals surface area contributed by atoms with E-state index in [0.29, 0.717) is 5.69 Å². The summed E-state index contributed by atoms with van der Waals surface area (Å²) in [6.45, 7) is 2.82. The van der Waals surface area contributed by atoms with Gasteiger partial charge in [0.15, 0.2) is 5.69 Å². The molecule has 34 heavy (non-hydrogen) atoms. The summed E-state index contributed by atoms with van der Waals surface area (Å²) < 4.78 is 43.3. The Kier molecular flexibility index (Phi) is 5.32. The number of anilines is 1. The molecule has 1 N–H and O–H groups in total. The maximum Gasteiger partial charge on any atom is 0.435 e. The summed E-state index contributed by atoms with van der Waals surface area (Å²) in [5, 5.41) is 8.47. The molecule has 0 saturated heterocycles. The van der Waals surface area contributed by atoms with Crippen molar-refractivity contribution >= 4 is 45.0 Å². The summed E-state index contributed by atoms with van der Waals surface area (Å²) in [6, 6.07) is 20.4. The molecule has 0 fully saturated rings. The third-order valence-electron chi connectivity index (χ3n) is 5.66. The minimum Gasteiger partial charge on any atom is -0.341 e. The molecule has 3 aromatic carbocycles. The zero-order valence-corrected chi connectivity index (χ0v) is 18.7. The highest BCUT2D eigenvalue weighted by Crippen LogP contribution is 2.33. The van der Waals surface area contributed by atoms with Gasteiger partial charge in [0.2, 0.25) is 0 Å². The molecule has 0 atom stereocenters. The molecule has 0 unspecified atom stereocenters. The number of rotatable bonds is 4. The largest absolute Gasteiger partial charge is 0.435 e. The maximum absolute atomic E-state index is 13.4. The predicted octanol–water partition coefficient (Wildman–Crippen LogP) is 6.92. The minimum absolute atomic E-state index is 0.169. The molecule has 9 heteroatoms. The lowest BCUT2D eigenvalue weighted by Crippen LogP contribution is -2.17. The number of nitrogens with zero attached hydrogens (tertiary/aromatic N) is 3. The van der Waals surface area contributed by atoms with Gasteiger partial charge in [0, 0.05) is 40.1 Å². The number of hydrogen-bond acceptors (Lipinski definition) is 2. The van der Waals surface area contributed by atoms with Crippen molar-refractivity contribution in [3.63, 3.8) is 0 Å². The van der Waals surface area contributed by atoms with Gasteiger partial charge in [0.05, 0.1) is 10.7 Å². The van der Waals surface area contributed by atoms with Crippen LogP contribution in [0.1, 0.15) is 23.1 Å². The molecule has 5 aromatic rings. The second-order valence-corrected chi connectivity index (χ2v) is 8.13. The number of aromatic nitrogens is 3. The van der Waals surface area contributed by atoms with Crippen LogP contribution in [0.3, 0.4) is 0 Å². The van der Waals surface area contributed by atoms with Gasteiger partial charge >= 0.3 is 6.18 Å². The Morgan fingerprint density at radius 3 is 2.41 bits per heavy atom. The number of aryl methyl sites for hydroxylation is 1. The van der Waals surface area contributed by atoms with Crippen molar-refractivity contribution in [2.24, 2.45) is 0 Å². The summed E-state index contributed by atoms with van der Waals surface area (Å²) in [7, 11) is 0. The molecule has 0 aliphatic rings. The highest BCUT2D eigenvalue weighted by atomic mass is 35.5. The SMILES string of the molecule is CCn1c2ccccc2c2cc(NC(=O)c3cc(C(F)(F)F)nn3-c3ccccc3Cl)ccc21. The fourth-order valence-electron chi connectivity index (χ4n) is 4.16. The van der Waals surface area contributed by atoms with Gasteiger partial charge < -0.3 is 9.88 Å². The van der Waals surface area contributed by atoms with E-state index in [2.05, 4.69) is 21.9 Å². The number of hydrogen-bond donors (Lipinski definition) is 1. The first-order chi connectivity index (χ1) is 16.3. The van der Waals surface area contributed by atoms with Crippen molar-refractivity contribution in [1.82, 2.24) is 14.3 Å². The molecule has 0 radical (unpaired) electrons. The quantitative estimate of drug-likeness (QED) is 0.302. The number of fused-ring (bicyclic) bond motifs is 3. The van der Waals surface area contributed by atoms with E-state index in [0.717, 1.165) is 39.1 Å². The Hall–Kier alpha value is -3.78. The molecule has 0 spiro atoms. The van der Waals surface area contributed by atoms with Crippen LogP contribution in [-0.2, 0) is 12.7 Å². The Bertz CT molecular complexity index is 1550. The highest BCUT2D eigenvalue weighted by Gasteiger charge is 2.36. The van der Waals surface area contributed by atoms with Crippen LogP contribution >= 0.6 is 11.6 Å². The lowest BCUT2D eigenvalue weighted by atomic mass is 10.1. The van der Waals surface area contributed by atoms with E-state index in [1.54, 1.807) is 18.2 Å². The molecule has 5 nitrogen and oxygen atoms in total. The average Bonchev–Trinajstić information content (AvgIpc) is 3.39. The van der Waals surface area contributed by atoms with Gasteiger partial charge in [-0.1, -0.05) is 41.9 Å². The number of nitrogens with one attached hydrogen (secondary N) is 1. The third-order valence-corrected chi connectivity index (χ3v) is 5.98. The molecule has 2 heterocycles. The molecule has 0 aliphatic heterocycles. The van der Waals surface area contributed by atoms with Crippen molar-refractivity contribution in [3.8, 4) is 5.69 Å². The molecule has 172 valence electrons. The fourth-order valence-corrected chi connectivity index (χ4v) is 4.37. The molecule has 0 saturated carbocycles. The van der Waals surface area contributed by atoms with Crippen molar-refractivity contribution < 1.29 is 18.0 Å². The standard InChI is InChI=1S/C25H18ClF3N4O/c1-2-32-19-9-5-3-7-16(19)17-13-15(11-12-20(17)32)30-24(34)22-14-23(25(27,28)29)31-33(22)21-10-6-4-8-18(21)26/h3-14H,2H2,1H3,(H,30,34). The van der Waals surface area contributed by atoms with E-state index in [9.17, 15) is 18.0 Å². The maximum atomic E-state index is 13.4. The zero-order chi connectivity index (χ0) is 24.0. The molecule has 5 rings (SSSR count). The second kappa shape index (κ2) is 8.22. The molecule has 0 aliphatic carbocycles. The van der Waals surface area contributed by atoms with Crippen molar-refractivity contribution in [1.29, 1.82) is 0 Å². The first-order valence-electron chi connectivity index (χ1n) is 10.5. The number of carbonyl (C=O) groups excluding carboxylic acids is 1. The summed E-state index contributed by atoms with van der Waals surface area (Å²) in [4.78, 5) is 13.1. The topological polar surface area (TPSA) is 51.9 Å². The average molecular weight is 483 g/mol. The Morgan fingerprint density at radius 1 is 0.971 bits per heavy atom. The van der Waals surface area contributed by atoms with Crippen LogP contribution in [-0.4, -0.2) is 20.3 Å². The van der Waals surface area contributed by atoms with Crippen LogP contribution < -0.4 is 5.32 Å². The number of para-hydroxylation sites is 2. The molecule has 1 amide bonds. The molecular formula is C25H18ClF3N4O. The van der Waals surface area contributed by atoms with Crippen LogP contribution in [0, 0.1) is 0 Å². The smallest absolute Gasteiger partial charge is 0.341 e. The van der Waals surface area contributed by atoms with E-state index in [1.165, 1.54) is 12.1 Å². The molecule has 2 aromatic heterocycles. The summed E-state index contributed by atoms with van der Waals surface area (Å²) >= 11 is 6.18. The van der Waals surface area contributed by atoms with Crippen LogP contribution in [0.2, 0.25) is 5.02 Å². The normalized spacial score (nSPS) is 11.9. The van der Waals surface area contributed by atoms with E-state index < -0.39 is 17.8 Å². The monoisotopic (exact) mass is 482 g/mol. The van der Waals surface area contributed by atoms with Crippen LogP contribution in [0.5, 0.6) is 0 Å². The van der Waals surface area contributed by atoms with Gasteiger partial charge in [0.1, 0.15) is 5.69 Å². The Morgan fingerprint density at radius 2 is 1.68 bits per heavy atom. The first-order valence-corrected chi connectivity index (χ1v) is 10.9. The highest BCUT2D eigenvalue weighted by molar-refractivity contribution is 6.32. The van der Waals surface area contributed by atoms with Gasteiger partial charge in [-0.05, 0) is 43.3 Å². The number of benzene rings is 3. The number of amides is 1. The second-order valence-electron chi connectivity index (χ2n) is 7.72. The van der Waals surface area contributed by atoms with Gasteiger partial charge in [-0.3, -0.25) is 4.79 Å². The molecule has 0 bridgehead atoms. The number of carbonyl (C=O) groups is 1. The van der Waals surface area contributed by atoms with Crippen molar-refractivity contribution in [3.05, 3.63) is 89.2 Å². The molecular weight excluding hydrogens is 465 g/mol. The van der Waals surface area contributed by atoms with E-state index in [4.69, 9.17) is 11.6 Å². The van der Waals surface area contributed by atoms with Gasteiger partial charge in [-0.15, -0.1) is 0 Å². The Balaban J connectivity index is 1.58. The summed E-state index contributed by atoms with van der Waals surface area (Å²) in [5.41, 5.74) is 1.23. The number of halogens is 4. The van der Waals surface area contributed by atoms with Gasteiger partial charge in [-0.25, -0.2) is 4.68 Å². The summed E-state index contributed by atoms with van der Waals surface area (Å²) in [5.74, 6) is -0.735. The van der Waals surface area contributed by atoms with E-state index in [1.807, 2.05) is 36.4 Å². The predicted molar refractivity (Wildman–Crippen MR) is 127 cm³/mol. The van der Waals surface area contributed by atoms with Gasteiger partial charge in [-0.2, -0.15) is 18.3 Å². The third kappa shape index (κ3) is 3.70. The van der Waals surface area contributed by atoms with Crippen LogP contribution in [0.25, 0.3) is 27.5 Å². The van der Waals surface area contributed by atoms with Crippen molar-refractivity contribution in [2.75, 3.05) is 5.32 Å². The van der Waals surface area contributed by atoms with Gasteiger partial charge in [0.25, 0.3) is 5.91 Å². The fraction of sp³-hybridized carbons (Fsp3) is 0.120. The first kappa shape index (κ1) is 22.0. The lowest BCUT2D eigenvalue weighted by Gasteiger charge is -2.10.